The fourth-order valence-corrected chi connectivity index (χ4v) is 2.98. The molecule has 0 amide bonds. The number of thioether (sulfide) groups is 1. The lowest BCUT2D eigenvalue weighted by atomic mass is 10.2. The fraction of sp³-hybridized carbons (Fsp3) is 0.182. The van der Waals surface area contributed by atoms with Gasteiger partial charge >= 0.3 is 0 Å². The molecule has 1 aromatic carbocycles. The average molecular weight is 327 g/mol. The Bertz CT molecular complexity index is 608. The maximum Gasteiger partial charge on any atom is 0.212 e. The Hall–Kier alpha value is -1.21. The first-order chi connectivity index (χ1) is 8.78. The summed E-state index contributed by atoms with van der Waals surface area (Å²) in [6.07, 6.45) is 0. The van der Waals surface area contributed by atoms with E-state index in [1.54, 1.807) is 28.6 Å². The summed E-state index contributed by atoms with van der Waals surface area (Å²) >= 11 is 4.99. The van der Waals surface area contributed by atoms with Crippen molar-refractivity contribution in [2.24, 2.45) is 5.10 Å². The van der Waals surface area contributed by atoms with Gasteiger partial charge in [0.2, 0.25) is 5.16 Å². The maximum absolute atomic E-state index is 12.9. The molecule has 0 saturated heterocycles. The molecule has 0 bridgehead atoms. The number of halogens is 2. The third kappa shape index (κ3) is 2.08. The molecule has 4 nitrogen and oxygen atoms in total. The smallest absolute Gasteiger partial charge is 0.207 e. The summed E-state index contributed by atoms with van der Waals surface area (Å²) in [6.45, 7) is 0. The van der Waals surface area contributed by atoms with Crippen molar-refractivity contribution in [2.75, 3.05) is 11.1 Å². The van der Waals surface area contributed by atoms with Crippen molar-refractivity contribution < 1.29 is 4.39 Å². The molecule has 1 aliphatic rings. The third-order valence-corrected chi connectivity index (χ3v) is 4.12. The highest BCUT2D eigenvalue weighted by Crippen LogP contribution is 2.27. The van der Waals surface area contributed by atoms with E-state index in [1.165, 1.54) is 12.1 Å². The number of benzene rings is 1. The number of aromatic nitrogens is 3. The second kappa shape index (κ2) is 4.81. The Kier molecular flexibility index (Phi) is 3.17. The number of nitrogens with zero attached hydrogens (tertiary/aromatic N) is 4. The van der Waals surface area contributed by atoms with Crippen LogP contribution in [0.15, 0.2) is 34.5 Å². The zero-order valence-corrected chi connectivity index (χ0v) is 11.6. The molecule has 0 radical (unpaired) electrons. The lowest BCUT2D eigenvalue weighted by molar-refractivity contribution is 0.628. The summed E-state index contributed by atoms with van der Waals surface area (Å²) < 4.78 is 14.6. The van der Waals surface area contributed by atoms with Gasteiger partial charge < -0.3 is 0 Å². The summed E-state index contributed by atoms with van der Waals surface area (Å²) in [5.74, 6) is 1.18. The molecule has 7 heteroatoms. The Morgan fingerprint density at radius 1 is 1.28 bits per heavy atom. The van der Waals surface area contributed by atoms with E-state index in [2.05, 4.69) is 31.2 Å². The monoisotopic (exact) mass is 326 g/mol. The van der Waals surface area contributed by atoms with E-state index in [-0.39, 0.29) is 5.82 Å². The van der Waals surface area contributed by atoms with E-state index in [4.69, 9.17) is 0 Å². The Balaban J connectivity index is 2.08. The van der Waals surface area contributed by atoms with Crippen LogP contribution in [0.2, 0.25) is 0 Å². The lowest BCUT2D eigenvalue weighted by Gasteiger charge is -2.11. The molecule has 1 aromatic heterocycles. The van der Waals surface area contributed by atoms with Gasteiger partial charge in [-0.15, -0.1) is 10.2 Å². The van der Waals surface area contributed by atoms with Gasteiger partial charge in [0, 0.05) is 16.6 Å². The highest BCUT2D eigenvalue weighted by Gasteiger charge is 2.19. The van der Waals surface area contributed by atoms with Crippen LogP contribution >= 0.6 is 27.7 Å². The van der Waals surface area contributed by atoms with Crippen LogP contribution in [0.25, 0.3) is 11.4 Å². The number of fused-ring (bicyclic) bond motifs is 1. The first-order valence-electron chi connectivity index (χ1n) is 5.25. The molecule has 1 aliphatic heterocycles. The molecule has 0 atom stereocenters. The largest absolute Gasteiger partial charge is 0.212 e. The van der Waals surface area contributed by atoms with Crippen LogP contribution in [-0.2, 0) is 0 Å². The zero-order chi connectivity index (χ0) is 12.5. The first kappa shape index (κ1) is 11.9. The zero-order valence-electron chi connectivity index (χ0n) is 9.18. The molecule has 0 aliphatic carbocycles. The molecule has 2 aromatic rings. The molecule has 92 valence electrons. The van der Waals surface area contributed by atoms with Gasteiger partial charge in [-0.05, 0) is 24.3 Å². The molecule has 2 heterocycles. The van der Waals surface area contributed by atoms with Gasteiger partial charge in [-0.2, -0.15) is 9.78 Å². The number of hydrogen-bond acceptors (Lipinski definition) is 4. The van der Waals surface area contributed by atoms with E-state index in [1.807, 2.05) is 0 Å². The Labute approximate surface area is 115 Å². The van der Waals surface area contributed by atoms with Crippen LogP contribution in [0, 0.1) is 5.82 Å². The van der Waals surface area contributed by atoms with Gasteiger partial charge in [0.15, 0.2) is 5.82 Å². The Morgan fingerprint density at radius 3 is 2.78 bits per heavy atom. The minimum Gasteiger partial charge on any atom is -0.207 e. The summed E-state index contributed by atoms with van der Waals surface area (Å²) in [5, 5.41) is 14.2. The van der Waals surface area contributed by atoms with E-state index in [9.17, 15) is 4.39 Å². The van der Waals surface area contributed by atoms with Crippen molar-refractivity contribution in [1.29, 1.82) is 0 Å². The standard InChI is InChI=1S/C11H8BrFN4S/c12-5-9-6-18-11-15-14-10(17(11)16-9)7-1-3-8(13)4-2-7/h1-4H,5-6H2. The minimum absolute atomic E-state index is 0.267. The number of rotatable bonds is 2. The number of alkyl halides is 1. The van der Waals surface area contributed by atoms with Crippen molar-refractivity contribution in [3.8, 4) is 11.4 Å². The van der Waals surface area contributed by atoms with Crippen molar-refractivity contribution in [3.63, 3.8) is 0 Å². The second-order valence-corrected chi connectivity index (χ2v) is 5.22. The molecule has 0 fully saturated rings. The normalized spacial score (nSPS) is 14.2. The SMILES string of the molecule is Fc1ccc(-c2nnc3n2N=C(CBr)CS3)cc1. The summed E-state index contributed by atoms with van der Waals surface area (Å²) in [6, 6.07) is 6.16. The topological polar surface area (TPSA) is 43.1 Å². The lowest BCUT2D eigenvalue weighted by Crippen LogP contribution is -2.13. The third-order valence-electron chi connectivity index (χ3n) is 2.48. The molecule has 3 rings (SSSR count). The van der Waals surface area contributed by atoms with Gasteiger partial charge in [0.05, 0.1) is 5.71 Å². The predicted molar refractivity (Wildman–Crippen MR) is 72.8 cm³/mol. The van der Waals surface area contributed by atoms with Crippen LogP contribution in [0.3, 0.4) is 0 Å². The molecule has 0 spiro atoms. The van der Waals surface area contributed by atoms with E-state index >= 15 is 0 Å². The predicted octanol–water partition coefficient (Wildman–Crippen LogP) is 2.79. The summed E-state index contributed by atoms with van der Waals surface area (Å²) in [4.78, 5) is 0. The quantitative estimate of drug-likeness (QED) is 0.797. The van der Waals surface area contributed by atoms with Crippen molar-refractivity contribution in [2.45, 2.75) is 5.16 Å². The Morgan fingerprint density at radius 2 is 2.06 bits per heavy atom. The van der Waals surface area contributed by atoms with E-state index in [0.29, 0.717) is 5.82 Å². The molecule has 18 heavy (non-hydrogen) atoms. The highest BCUT2D eigenvalue weighted by atomic mass is 79.9. The van der Waals surface area contributed by atoms with Crippen LogP contribution in [0.4, 0.5) is 4.39 Å². The van der Waals surface area contributed by atoms with Gasteiger partial charge in [0.1, 0.15) is 5.82 Å². The van der Waals surface area contributed by atoms with Crippen LogP contribution in [-0.4, -0.2) is 31.7 Å². The fourth-order valence-electron chi connectivity index (χ4n) is 1.61. The number of hydrogen-bond donors (Lipinski definition) is 0. The molecule has 0 unspecified atom stereocenters. The summed E-state index contributed by atoms with van der Waals surface area (Å²) in [7, 11) is 0. The van der Waals surface area contributed by atoms with E-state index in [0.717, 1.165) is 27.5 Å². The highest BCUT2D eigenvalue weighted by molar-refractivity contribution is 9.09. The minimum atomic E-state index is -0.267. The van der Waals surface area contributed by atoms with Crippen molar-refractivity contribution in [1.82, 2.24) is 14.9 Å². The van der Waals surface area contributed by atoms with Crippen LogP contribution in [0.5, 0.6) is 0 Å². The van der Waals surface area contributed by atoms with Crippen LogP contribution < -0.4 is 0 Å². The molecular weight excluding hydrogens is 319 g/mol. The molecular formula is C11H8BrFN4S. The van der Waals surface area contributed by atoms with Gasteiger partial charge in [0.25, 0.3) is 0 Å². The summed E-state index contributed by atoms with van der Waals surface area (Å²) in [5.41, 5.74) is 1.82. The van der Waals surface area contributed by atoms with E-state index < -0.39 is 0 Å². The van der Waals surface area contributed by atoms with Gasteiger partial charge in [-0.25, -0.2) is 4.39 Å². The van der Waals surface area contributed by atoms with Crippen LogP contribution in [0.1, 0.15) is 0 Å². The van der Waals surface area contributed by atoms with Gasteiger partial charge in [-0.3, -0.25) is 0 Å². The average Bonchev–Trinajstić information content (AvgIpc) is 2.82. The van der Waals surface area contributed by atoms with Crippen molar-refractivity contribution >= 4 is 33.4 Å². The van der Waals surface area contributed by atoms with Gasteiger partial charge in [-0.1, -0.05) is 27.7 Å². The maximum atomic E-state index is 12.9. The molecule has 0 N–H and O–H groups in total. The van der Waals surface area contributed by atoms with Crippen molar-refractivity contribution in [3.05, 3.63) is 30.1 Å². The molecule has 0 saturated carbocycles. The second-order valence-electron chi connectivity index (χ2n) is 3.71. The first-order valence-corrected chi connectivity index (χ1v) is 7.35.